The normalized spacial score (nSPS) is 13.9. The third-order valence-corrected chi connectivity index (χ3v) is 2.43. The van der Waals surface area contributed by atoms with Gasteiger partial charge in [0, 0.05) is 5.88 Å². The van der Waals surface area contributed by atoms with Gasteiger partial charge in [0.15, 0.2) is 0 Å². The molecule has 0 saturated heterocycles. The van der Waals surface area contributed by atoms with Crippen LogP contribution in [0.3, 0.4) is 0 Å². The minimum absolute atomic E-state index is 0.761. The summed E-state index contributed by atoms with van der Waals surface area (Å²) < 4.78 is 0. The highest BCUT2D eigenvalue weighted by molar-refractivity contribution is 6.18. The van der Waals surface area contributed by atoms with Crippen molar-refractivity contribution >= 4 is 11.6 Å². The Labute approximate surface area is 76.3 Å². The smallest absolute Gasteiger partial charge is 0.0251 e. The average molecular weight is 177 g/mol. The molecule has 0 fully saturated rings. The fraction of sp³-hybridized carbons (Fsp3) is 1.00. The van der Waals surface area contributed by atoms with E-state index in [9.17, 15) is 0 Å². The summed E-state index contributed by atoms with van der Waals surface area (Å²) in [7, 11) is 0. The van der Waals surface area contributed by atoms with Gasteiger partial charge in [0.1, 0.15) is 0 Å². The molecule has 11 heavy (non-hydrogen) atoms. The molecule has 0 amide bonds. The Balaban J connectivity index is 3.41. The number of hydrogen-bond acceptors (Lipinski definition) is 0. The molecule has 0 aliphatic carbocycles. The number of unbranched alkanes of at least 4 members (excludes halogenated alkanes) is 1. The highest BCUT2D eigenvalue weighted by Gasteiger charge is 2.08. The van der Waals surface area contributed by atoms with E-state index in [1.165, 1.54) is 25.7 Å². The second-order valence-electron chi connectivity index (χ2n) is 3.79. The fourth-order valence-electron chi connectivity index (χ4n) is 1.42. The first kappa shape index (κ1) is 11.3. The van der Waals surface area contributed by atoms with Gasteiger partial charge in [-0.2, -0.15) is 0 Å². The molecule has 0 spiro atoms. The zero-order chi connectivity index (χ0) is 8.69. The average Bonchev–Trinajstić information content (AvgIpc) is 1.97. The summed E-state index contributed by atoms with van der Waals surface area (Å²) in [5, 5.41) is 0. The first-order chi connectivity index (χ1) is 5.20. The summed E-state index contributed by atoms with van der Waals surface area (Å²) in [6.45, 7) is 6.78. The summed E-state index contributed by atoms with van der Waals surface area (Å²) in [6.07, 6.45) is 5.25. The molecule has 0 aliphatic rings. The topological polar surface area (TPSA) is 0 Å². The van der Waals surface area contributed by atoms with Crippen LogP contribution in [0.25, 0.3) is 0 Å². The van der Waals surface area contributed by atoms with E-state index in [1.54, 1.807) is 0 Å². The first-order valence-corrected chi connectivity index (χ1v) is 5.30. The molecule has 1 heteroatoms. The predicted octanol–water partition coefficient (Wildman–Crippen LogP) is 4.08. The van der Waals surface area contributed by atoms with E-state index in [1.807, 2.05) is 0 Å². The van der Waals surface area contributed by atoms with Gasteiger partial charge in [-0.3, -0.25) is 0 Å². The van der Waals surface area contributed by atoms with Crippen LogP contribution < -0.4 is 0 Å². The molecule has 0 saturated carbocycles. The van der Waals surface area contributed by atoms with Crippen LogP contribution in [0, 0.1) is 11.8 Å². The highest BCUT2D eigenvalue weighted by atomic mass is 35.5. The standard InChI is InChI=1S/C10H21Cl/c1-4-5-6-10(8-11)7-9(2)3/h9-10H,4-8H2,1-3H3. The lowest BCUT2D eigenvalue weighted by molar-refractivity contribution is 0.408. The van der Waals surface area contributed by atoms with E-state index in [0.717, 1.165) is 17.7 Å². The predicted molar refractivity (Wildman–Crippen MR) is 53.2 cm³/mol. The van der Waals surface area contributed by atoms with Gasteiger partial charge < -0.3 is 0 Å². The molecular weight excluding hydrogens is 156 g/mol. The molecule has 1 atom stereocenters. The zero-order valence-corrected chi connectivity index (χ0v) is 8.82. The second-order valence-corrected chi connectivity index (χ2v) is 4.10. The molecule has 68 valence electrons. The van der Waals surface area contributed by atoms with Crippen molar-refractivity contribution in [2.24, 2.45) is 11.8 Å². The van der Waals surface area contributed by atoms with Crippen molar-refractivity contribution in [2.75, 3.05) is 5.88 Å². The Morgan fingerprint density at radius 2 is 1.91 bits per heavy atom. The van der Waals surface area contributed by atoms with Gasteiger partial charge in [-0.15, -0.1) is 11.6 Å². The zero-order valence-electron chi connectivity index (χ0n) is 8.07. The van der Waals surface area contributed by atoms with Crippen LogP contribution in [0.5, 0.6) is 0 Å². The molecule has 0 aromatic rings. The van der Waals surface area contributed by atoms with Gasteiger partial charge in [-0.05, 0) is 24.7 Å². The van der Waals surface area contributed by atoms with Crippen LogP contribution in [0.1, 0.15) is 46.5 Å². The number of halogens is 1. The molecule has 1 unspecified atom stereocenters. The summed E-state index contributed by atoms with van der Waals surface area (Å²) in [6, 6.07) is 0. The van der Waals surface area contributed by atoms with Gasteiger partial charge in [-0.1, -0.05) is 33.6 Å². The first-order valence-electron chi connectivity index (χ1n) is 4.76. The Hall–Kier alpha value is 0.290. The van der Waals surface area contributed by atoms with Gasteiger partial charge in [0.2, 0.25) is 0 Å². The number of hydrogen-bond donors (Lipinski definition) is 0. The second kappa shape index (κ2) is 6.97. The molecule has 0 radical (unpaired) electrons. The van der Waals surface area contributed by atoms with Crippen LogP contribution in [-0.2, 0) is 0 Å². The van der Waals surface area contributed by atoms with Crippen LogP contribution in [0.4, 0.5) is 0 Å². The summed E-state index contributed by atoms with van der Waals surface area (Å²) in [5.41, 5.74) is 0. The third kappa shape index (κ3) is 6.68. The minimum Gasteiger partial charge on any atom is -0.126 e. The molecule has 0 aromatic heterocycles. The minimum atomic E-state index is 0.761. The Kier molecular flexibility index (Phi) is 7.15. The van der Waals surface area contributed by atoms with Gasteiger partial charge in [-0.25, -0.2) is 0 Å². The van der Waals surface area contributed by atoms with Crippen molar-refractivity contribution < 1.29 is 0 Å². The maximum Gasteiger partial charge on any atom is 0.0251 e. The van der Waals surface area contributed by atoms with E-state index in [2.05, 4.69) is 20.8 Å². The van der Waals surface area contributed by atoms with Crippen molar-refractivity contribution in [1.82, 2.24) is 0 Å². The van der Waals surface area contributed by atoms with Crippen molar-refractivity contribution in [3.8, 4) is 0 Å². The summed E-state index contributed by atoms with van der Waals surface area (Å²) >= 11 is 5.85. The van der Waals surface area contributed by atoms with Crippen LogP contribution in [-0.4, -0.2) is 5.88 Å². The maximum absolute atomic E-state index is 5.85. The monoisotopic (exact) mass is 176 g/mol. The van der Waals surface area contributed by atoms with Gasteiger partial charge in [0.05, 0.1) is 0 Å². The van der Waals surface area contributed by atoms with E-state index >= 15 is 0 Å². The molecule has 0 nitrogen and oxygen atoms in total. The van der Waals surface area contributed by atoms with Gasteiger partial charge >= 0.3 is 0 Å². The SMILES string of the molecule is CCCCC(CCl)CC(C)C. The molecular formula is C10H21Cl. The molecule has 0 N–H and O–H groups in total. The third-order valence-electron chi connectivity index (χ3n) is 1.99. The lowest BCUT2D eigenvalue weighted by atomic mass is 9.94. The Morgan fingerprint density at radius 3 is 2.27 bits per heavy atom. The summed E-state index contributed by atoms with van der Waals surface area (Å²) in [5.74, 6) is 2.41. The van der Waals surface area contributed by atoms with Crippen molar-refractivity contribution in [3.63, 3.8) is 0 Å². The van der Waals surface area contributed by atoms with Crippen molar-refractivity contribution in [1.29, 1.82) is 0 Å². The lowest BCUT2D eigenvalue weighted by Crippen LogP contribution is -2.05. The molecule has 0 aromatic carbocycles. The quantitative estimate of drug-likeness (QED) is 0.535. The highest BCUT2D eigenvalue weighted by Crippen LogP contribution is 2.19. The molecule has 0 bridgehead atoms. The lowest BCUT2D eigenvalue weighted by Gasteiger charge is -2.15. The van der Waals surface area contributed by atoms with E-state index in [4.69, 9.17) is 11.6 Å². The number of alkyl halides is 1. The fourth-order valence-corrected chi connectivity index (χ4v) is 1.70. The van der Waals surface area contributed by atoms with E-state index in [0.29, 0.717) is 0 Å². The summed E-state index contributed by atoms with van der Waals surface area (Å²) in [4.78, 5) is 0. The molecule has 0 heterocycles. The van der Waals surface area contributed by atoms with E-state index < -0.39 is 0 Å². The Morgan fingerprint density at radius 1 is 1.27 bits per heavy atom. The van der Waals surface area contributed by atoms with Crippen LogP contribution in [0.2, 0.25) is 0 Å². The van der Waals surface area contributed by atoms with Crippen molar-refractivity contribution in [3.05, 3.63) is 0 Å². The largest absolute Gasteiger partial charge is 0.126 e. The molecule has 0 aliphatic heterocycles. The van der Waals surface area contributed by atoms with Crippen molar-refractivity contribution in [2.45, 2.75) is 46.5 Å². The Bertz CT molecular complexity index is 78.9. The van der Waals surface area contributed by atoms with Crippen LogP contribution in [0.15, 0.2) is 0 Å². The van der Waals surface area contributed by atoms with Crippen LogP contribution >= 0.6 is 11.6 Å². The van der Waals surface area contributed by atoms with Gasteiger partial charge in [0.25, 0.3) is 0 Å². The van der Waals surface area contributed by atoms with E-state index in [-0.39, 0.29) is 0 Å². The maximum atomic E-state index is 5.85. The molecule has 0 rings (SSSR count). The number of rotatable bonds is 6.